The zero-order valence-electron chi connectivity index (χ0n) is 13.0. The van der Waals surface area contributed by atoms with Gasteiger partial charge in [0.15, 0.2) is 0 Å². The van der Waals surface area contributed by atoms with Gasteiger partial charge in [-0.15, -0.1) is 11.8 Å². The standard InChI is InChI=1S/C18H20FNOS/c1-12(2)17(13-8-10-14(19)11-9-13)20-18(21)15-6-4-5-7-16(15)22-3/h4-12,17H,1-3H3,(H,20,21). The first-order valence-electron chi connectivity index (χ1n) is 7.22. The molecule has 22 heavy (non-hydrogen) atoms. The van der Waals surface area contributed by atoms with E-state index in [4.69, 9.17) is 0 Å². The second-order valence-corrected chi connectivity index (χ2v) is 6.30. The van der Waals surface area contributed by atoms with Gasteiger partial charge in [0, 0.05) is 4.90 Å². The van der Waals surface area contributed by atoms with Crippen LogP contribution < -0.4 is 5.32 Å². The van der Waals surface area contributed by atoms with Crippen molar-refractivity contribution in [2.75, 3.05) is 6.26 Å². The van der Waals surface area contributed by atoms with E-state index in [2.05, 4.69) is 5.32 Å². The molecular formula is C18H20FNOS. The van der Waals surface area contributed by atoms with Crippen molar-refractivity contribution in [2.24, 2.45) is 5.92 Å². The number of carbonyl (C=O) groups is 1. The molecule has 2 aromatic rings. The van der Waals surface area contributed by atoms with Crippen LogP contribution in [0.3, 0.4) is 0 Å². The zero-order valence-corrected chi connectivity index (χ0v) is 13.8. The Labute approximate surface area is 135 Å². The third kappa shape index (κ3) is 3.89. The topological polar surface area (TPSA) is 29.1 Å². The Balaban J connectivity index is 2.24. The predicted octanol–water partition coefficient (Wildman–Crippen LogP) is 4.67. The van der Waals surface area contributed by atoms with Gasteiger partial charge < -0.3 is 5.32 Å². The van der Waals surface area contributed by atoms with E-state index in [9.17, 15) is 9.18 Å². The average molecular weight is 317 g/mol. The lowest BCUT2D eigenvalue weighted by atomic mass is 9.95. The molecule has 2 nitrogen and oxygen atoms in total. The summed E-state index contributed by atoms with van der Waals surface area (Å²) >= 11 is 1.55. The minimum atomic E-state index is -0.273. The molecule has 0 bridgehead atoms. The van der Waals surface area contributed by atoms with Crippen LogP contribution in [0, 0.1) is 11.7 Å². The largest absolute Gasteiger partial charge is 0.345 e. The highest BCUT2D eigenvalue weighted by atomic mass is 32.2. The summed E-state index contributed by atoms with van der Waals surface area (Å²) in [6.07, 6.45) is 1.95. The minimum Gasteiger partial charge on any atom is -0.345 e. The number of halogens is 1. The Morgan fingerprint density at radius 2 is 1.73 bits per heavy atom. The van der Waals surface area contributed by atoms with Gasteiger partial charge in [0.25, 0.3) is 5.91 Å². The molecule has 0 aliphatic heterocycles. The van der Waals surface area contributed by atoms with Crippen LogP contribution in [0.2, 0.25) is 0 Å². The molecule has 2 aromatic carbocycles. The summed E-state index contributed by atoms with van der Waals surface area (Å²) in [4.78, 5) is 13.5. The van der Waals surface area contributed by atoms with Gasteiger partial charge in [-0.2, -0.15) is 0 Å². The van der Waals surface area contributed by atoms with Crippen molar-refractivity contribution in [3.63, 3.8) is 0 Å². The number of hydrogen-bond donors (Lipinski definition) is 1. The Bertz CT molecular complexity index is 640. The van der Waals surface area contributed by atoms with Crippen molar-refractivity contribution >= 4 is 17.7 Å². The molecule has 0 saturated carbocycles. The Kier molecular flexibility index (Phi) is 5.61. The summed E-state index contributed by atoms with van der Waals surface area (Å²) < 4.78 is 13.1. The second-order valence-electron chi connectivity index (χ2n) is 5.45. The molecular weight excluding hydrogens is 297 g/mol. The monoisotopic (exact) mass is 317 g/mol. The highest BCUT2D eigenvalue weighted by Gasteiger charge is 2.20. The molecule has 0 saturated heterocycles. The maximum absolute atomic E-state index is 13.1. The average Bonchev–Trinajstić information content (AvgIpc) is 2.53. The van der Waals surface area contributed by atoms with Crippen LogP contribution >= 0.6 is 11.8 Å². The molecule has 4 heteroatoms. The number of amides is 1. The first-order valence-corrected chi connectivity index (χ1v) is 8.44. The van der Waals surface area contributed by atoms with Crippen molar-refractivity contribution in [1.29, 1.82) is 0 Å². The van der Waals surface area contributed by atoms with Crippen molar-refractivity contribution < 1.29 is 9.18 Å². The van der Waals surface area contributed by atoms with Crippen molar-refractivity contribution in [3.8, 4) is 0 Å². The third-order valence-electron chi connectivity index (χ3n) is 3.53. The SMILES string of the molecule is CSc1ccccc1C(=O)NC(c1ccc(F)cc1)C(C)C. The first-order chi connectivity index (χ1) is 10.5. The molecule has 0 aliphatic rings. The Hall–Kier alpha value is -1.81. The summed E-state index contributed by atoms with van der Waals surface area (Å²) in [6.45, 7) is 4.07. The summed E-state index contributed by atoms with van der Waals surface area (Å²) in [5.41, 5.74) is 1.58. The summed E-state index contributed by atoms with van der Waals surface area (Å²) in [5.74, 6) is -0.172. The van der Waals surface area contributed by atoms with Gasteiger partial charge in [-0.1, -0.05) is 38.1 Å². The van der Waals surface area contributed by atoms with E-state index in [0.717, 1.165) is 10.5 Å². The molecule has 0 aromatic heterocycles. The number of carbonyl (C=O) groups excluding carboxylic acids is 1. The Morgan fingerprint density at radius 3 is 2.32 bits per heavy atom. The van der Waals surface area contributed by atoms with E-state index in [1.54, 1.807) is 23.9 Å². The van der Waals surface area contributed by atoms with Gasteiger partial charge in [0.05, 0.1) is 11.6 Å². The van der Waals surface area contributed by atoms with E-state index in [0.29, 0.717) is 5.56 Å². The van der Waals surface area contributed by atoms with Gasteiger partial charge in [-0.05, 0) is 42.0 Å². The predicted molar refractivity (Wildman–Crippen MR) is 89.7 cm³/mol. The van der Waals surface area contributed by atoms with Gasteiger partial charge in [0.1, 0.15) is 5.82 Å². The van der Waals surface area contributed by atoms with Crippen molar-refractivity contribution in [3.05, 3.63) is 65.5 Å². The molecule has 0 radical (unpaired) electrons. The number of rotatable bonds is 5. The Morgan fingerprint density at radius 1 is 1.09 bits per heavy atom. The smallest absolute Gasteiger partial charge is 0.252 e. The minimum absolute atomic E-state index is 0.104. The lowest BCUT2D eigenvalue weighted by Gasteiger charge is -2.23. The van der Waals surface area contributed by atoms with Crippen LogP contribution in [-0.4, -0.2) is 12.2 Å². The first kappa shape index (κ1) is 16.6. The molecule has 0 aliphatic carbocycles. The van der Waals surface area contributed by atoms with Crippen LogP contribution in [0.5, 0.6) is 0 Å². The lowest BCUT2D eigenvalue weighted by molar-refractivity contribution is 0.0922. The fourth-order valence-corrected chi connectivity index (χ4v) is 2.95. The fraction of sp³-hybridized carbons (Fsp3) is 0.278. The van der Waals surface area contributed by atoms with Gasteiger partial charge in [0.2, 0.25) is 0 Å². The molecule has 0 fully saturated rings. The number of thioether (sulfide) groups is 1. The fourth-order valence-electron chi connectivity index (χ4n) is 2.36. The number of hydrogen-bond acceptors (Lipinski definition) is 2. The van der Waals surface area contributed by atoms with Gasteiger partial charge in [-0.25, -0.2) is 4.39 Å². The van der Waals surface area contributed by atoms with Crippen molar-refractivity contribution in [2.45, 2.75) is 24.8 Å². The highest BCUT2D eigenvalue weighted by molar-refractivity contribution is 7.98. The van der Waals surface area contributed by atoms with Crippen molar-refractivity contribution in [1.82, 2.24) is 5.32 Å². The summed E-state index contributed by atoms with van der Waals surface area (Å²) in [5, 5.41) is 3.07. The maximum Gasteiger partial charge on any atom is 0.252 e. The van der Waals surface area contributed by atoms with Crippen LogP contribution in [0.25, 0.3) is 0 Å². The summed E-state index contributed by atoms with van der Waals surface area (Å²) in [6, 6.07) is 13.7. The zero-order chi connectivity index (χ0) is 16.1. The van der Waals surface area contributed by atoms with E-state index >= 15 is 0 Å². The highest BCUT2D eigenvalue weighted by Crippen LogP contribution is 2.25. The molecule has 116 valence electrons. The van der Waals surface area contributed by atoms with Crippen LogP contribution in [0.4, 0.5) is 4.39 Å². The molecule has 1 atom stereocenters. The molecule has 2 rings (SSSR count). The van der Waals surface area contributed by atoms with Crippen LogP contribution in [-0.2, 0) is 0 Å². The molecule has 1 N–H and O–H groups in total. The second kappa shape index (κ2) is 7.45. The maximum atomic E-state index is 13.1. The van der Waals surface area contributed by atoms with Crippen LogP contribution in [0.1, 0.15) is 35.8 Å². The molecule has 0 spiro atoms. The van der Waals surface area contributed by atoms with E-state index in [-0.39, 0.29) is 23.7 Å². The molecule has 1 unspecified atom stereocenters. The van der Waals surface area contributed by atoms with Crippen LogP contribution in [0.15, 0.2) is 53.4 Å². The normalized spacial score (nSPS) is 12.2. The molecule has 1 amide bonds. The number of benzene rings is 2. The molecule has 0 heterocycles. The van der Waals surface area contributed by atoms with E-state index < -0.39 is 0 Å². The lowest BCUT2D eigenvalue weighted by Crippen LogP contribution is -2.32. The van der Waals surface area contributed by atoms with E-state index in [1.165, 1.54) is 12.1 Å². The van der Waals surface area contributed by atoms with Gasteiger partial charge in [-0.3, -0.25) is 4.79 Å². The third-order valence-corrected chi connectivity index (χ3v) is 4.33. The van der Waals surface area contributed by atoms with E-state index in [1.807, 2.05) is 44.4 Å². The van der Waals surface area contributed by atoms with Gasteiger partial charge >= 0.3 is 0 Å². The number of nitrogens with one attached hydrogen (secondary N) is 1. The summed E-state index contributed by atoms with van der Waals surface area (Å²) in [7, 11) is 0. The quantitative estimate of drug-likeness (QED) is 0.812.